The monoisotopic (exact) mass is 229 g/mol. The summed E-state index contributed by atoms with van der Waals surface area (Å²) >= 11 is 0. The summed E-state index contributed by atoms with van der Waals surface area (Å²) < 4.78 is 5.55. The van der Waals surface area contributed by atoms with E-state index in [1.807, 2.05) is 12.1 Å². The van der Waals surface area contributed by atoms with Crippen LogP contribution in [0.15, 0.2) is 34.9 Å². The minimum Gasteiger partial charge on any atom is -0.508 e. The standard InChI is InChI=1S/C14H15NO2/c16-12-7-3-6-11(8-12)13-9-17-14(15-13)10-4-1-2-5-10/h3,6-10,16H,1-2,4-5H2. The maximum Gasteiger partial charge on any atom is 0.197 e. The number of rotatable bonds is 2. The number of phenolic OH excluding ortho intramolecular Hbond substituents is 1. The van der Waals surface area contributed by atoms with Crippen LogP contribution in [0.4, 0.5) is 0 Å². The van der Waals surface area contributed by atoms with E-state index in [0.29, 0.717) is 5.92 Å². The second-order valence-electron chi connectivity index (χ2n) is 4.60. The van der Waals surface area contributed by atoms with Crippen molar-refractivity contribution in [2.75, 3.05) is 0 Å². The molecular weight excluding hydrogens is 214 g/mol. The normalized spacial score (nSPS) is 16.5. The molecule has 0 amide bonds. The Balaban J connectivity index is 1.89. The topological polar surface area (TPSA) is 46.3 Å². The zero-order chi connectivity index (χ0) is 11.7. The Hall–Kier alpha value is -1.77. The number of benzene rings is 1. The van der Waals surface area contributed by atoms with E-state index in [2.05, 4.69) is 4.98 Å². The summed E-state index contributed by atoms with van der Waals surface area (Å²) in [6.45, 7) is 0. The van der Waals surface area contributed by atoms with Gasteiger partial charge in [0.25, 0.3) is 0 Å². The number of aromatic hydroxyl groups is 1. The fourth-order valence-electron chi connectivity index (χ4n) is 2.45. The maximum absolute atomic E-state index is 9.43. The molecule has 3 rings (SSSR count). The van der Waals surface area contributed by atoms with Crippen molar-refractivity contribution in [1.82, 2.24) is 4.98 Å². The molecule has 0 radical (unpaired) electrons. The molecule has 1 aromatic heterocycles. The Morgan fingerprint density at radius 2 is 2.06 bits per heavy atom. The first-order valence-corrected chi connectivity index (χ1v) is 6.08. The third-order valence-electron chi connectivity index (χ3n) is 3.37. The number of hydrogen-bond acceptors (Lipinski definition) is 3. The number of nitrogens with zero attached hydrogens (tertiary/aromatic N) is 1. The van der Waals surface area contributed by atoms with E-state index in [9.17, 15) is 5.11 Å². The SMILES string of the molecule is Oc1cccc(-c2coc(C3CCCC3)n2)c1. The van der Waals surface area contributed by atoms with Gasteiger partial charge in [-0.05, 0) is 25.0 Å². The molecule has 1 fully saturated rings. The lowest BCUT2D eigenvalue weighted by atomic mass is 10.1. The first-order chi connectivity index (χ1) is 8.33. The fraction of sp³-hybridized carbons (Fsp3) is 0.357. The zero-order valence-corrected chi connectivity index (χ0v) is 9.60. The summed E-state index contributed by atoms with van der Waals surface area (Å²) in [5, 5.41) is 9.43. The van der Waals surface area contributed by atoms with Gasteiger partial charge in [0.05, 0.1) is 0 Å². The predicted molar refractivity (Wildman–Crippen MR) is 64.8 cm³/mol. The van der Waals surface area contributed by atoms with Gasteiger partial charge in [-0.3, -0.25) is 0 Å². The van der Waals surface area contributed by atoms with Crippen LogP contribution in [-0.2, 0) is 0 Å². The smallest absolute Gasteiger partial charge is 0.197 e. The molecule has 0 atom stereocenters. The highest BCUT2D eigenvalue weighted by Crippen LogP contribution is 2.34. The van der Waals surface area contributed by atoms with Gasteiger partial charge in [0, 0.05) is 11.5 Å². The molecule has 0 spiro atoms. The van der Waals surface area contributed by atoms with Crippen LogP contribution < -0.4 is 0 Å². The van der Waals surface area contributed by atoms with E-state index in [-0.39, 0.29) is 5.75 Å². The zero-order valence-electron chi connectivity index (χ0n) is 9.60. The van der Waals surface area contributed by atoms with E-state index in [1.165, 1.54) is 25.7 Å². The summed E-state index contributed by atoms with van der Waals surface area (Å²) in [6, 6.07) is 7.10. The van der Waals surface area contributed by atoms with Gasteiger partial charge in [0.1, 0.15) is 17.7 Å². The maximum atomic E-state index is 9.43. The van der Waals surface area contributed by atoms with E-state index in [4.69, 9.17) is 4.42 Å². The van der Waals surface area contributed by atoms with Gasteiger partial charge in [-0.2, -0.15) is 0 Å². The Bertz CT molecular complexity index is 512. The van der Waals surface area contributed by atoms with Gasteiger partial charge < -0.3 is 9.52 Å². The van der Waals surface area contributed by atoms with E-state index < -0.39 is 0 Å². The lowest BCUT2D eigenvalue weighted by molar-refractivity contribution is 0.448. The van der Waals surface area contributed by atoms with Crippen molar-refractivity contribution in [3.05, 3.63) is 36.4 Å². The van der Waals surface area contributed by atoms with Crippen LogP contribution in [-0.4, -0.2) is 10.1 Å². The van der Waals surface area contributed by atoms with Crippen molar-refractivity contribution in [1.29, 1.82) is 0 Å². The molecule has 0 unspecified atom stereocenters. The van der Waals surface area contributed by atoms with Gasteiger partial charge in [-0.15, -0.1) is 0 Å². The van der Waals surface area contributed by atoms with Crippen molar-refractivity contribution in [3.8, 4) is 17.0 Å². The largest absolute Gasteiger partial charge is 0.508 e. The molecule has 1 aliphatic rings. The lowest BCUT2D eigenvalue weighted by Gasteiger charge is -2.01. The second kappa shape index (κ2) is 4.24. The Kier molecular flexibility index (Phi) is 2.59. The molecule has 88 valence electrons. The number of oxazole rings is 1. The molecule has 0 saturated heterocycles. The lowest BCUT2D eigenvalue weighted by Crippen LogP contribution is -1.91. The van der Waals surface area contributed by atoms with Crippen molar-refractivity contribution >= 4 is 0 Å². The molecule has 1 aromatic carbocycles. The third-order valence-corrected chi connectivity index (χ3v) is 3.37. The number of aromatic nitrogens is 1. The van der Waals surface area contributed by atoms with Crippen LogP contribution in [0, 0.1) is 0 Å². The van der Waals surface area contributed by atoms with Crippen molar-refractivity contribution < 1.29 is 9.52 Å². The number of phenols is 1. The average Bonchev–Trinajstić information content (AvgIpc) is 3.00. The second-order valence-corrected chi connectivity index (χ2v) is 4.60. The van der Waals surface area contributed by atoms with Gasteiger partial charge in [0.15, 0.2) is 5.89 Å². The molecule has 2 aromatic rings. The Labute approximate surface area is 100 Å². The summed E-state index contributed by atoms with van der Waals surface area (Å²) in [7, 11) is 0. The summed E-state index contributed by atoms with van der Waals surface area (Å²) in [4.78, 5) is 4.53. The third kappa shape index (κ3) is 2.05. The van der Waals surface area contributed by atoms with Gasteiger partial charge in [0.2, 0.25) is 0 Å². The van der Waals surface area contributed by atoms with Crippen LogP contribution in [0.25, 0.3) is 11.3 Å². The fourth-order valence-corrected chi connectivity index (χ4v) is 2.45. The van der Waals surface area contributed by atoms with Gasteiger partial charge in [-0.25, -0.2) is 4.98 Å². The van der Waals surface area contributed by atoms with E-state index in [1.54, 1.807) is 18.4 Å². The molecular formula is C14H15NO2. The Morgan fingerprint density at radius 1 is 1.24 bits per heavy atom. The molecule has 1 N–H and O–H groups in total. The van der Waals surface area contributed by atoms with Crippen molar-refractivity contribution in [3.63, 3.8) is 0 Å². The highest BCUT2D eigenvalue weighted by molar-refractivity contribution is 5.59. The van der Waals surface area contributed by atoms with Crippen LogP contribution >= 0.6 is 0 Å². The molecule has 1 heterocycles. The van der Waals surface area contributed by atoms with Gasteiger partial charge >= 0.3 is 0 Å². The highest BCUT2D eigenvalue weighted by atomic mass is 16.3. The Morgan fingerprint density at radius 3 is 2.82 bits per heavy atom. The molecule has 17 heavy (non-hydrogen) atoms. The highest BCUT2D eigenvalue weighted by Gasteiger charge is 2.22. The van der Waals surface area contributed by atoms with Crippen LogP contribution in [0.5, 0.6) is 5.75 Å². The van der Waals surface area contributed by atoms with Crippen LogP contribution in [0.1, 0.15) is 37.5 Å². The predicted octanol–water partition coefficient (Wildman–Crippen LogP) is 3.70. The average molecular weight is 229 g/mol. The summed E-state index contributed by atoms with van der Waals surface area (Å²) in [5.74, 6) is 1.59. The molecule has 1 aliphatic carbocycles. The van der Waals surface area contributed by atoms with Crippen LogP contribution in [0.3, 0.4) is 0 Å². The molecule has 0 bridgehead atoms. The molecule has 1 saturated carbocycles. The first kappa shape index (κ1) is 10.4. The van der Waals surface area contributed by atoms with Gasteiger partial charge in [-0.1, -0.05) is 25.0 Å². The number of hydrogen-bond donors (Lipinski definition) is 1. The van der Waals surface area contributed by atoms with E-state index in [0.717, 1.165) is 17.1 Å². The van der Waals surface area contributed by atoms with Crippen molar-refractivity contribution in [2.45, 2.75) is 31.6 Å². The first-order valence-electron chi connectivity index (χ1n) is 6.08. The molecule has 3 heteroatoms. The van der Waals surface area contributed by atoms with E-state index >= 15 is 0 Å². The summed E-state index contributed by atoms with van der Waals surface area (Å²) in [6.07, 6.45) is 6.59. The quantitative estimate of drug-likeness (QED) is 0.853. The molecule has 3 nitrogen and oxygen atoms in total. The molecule has 0 aliphatic heterocycles. The van der Waals surface area contributed by atoms with Crippen molar-refractivity contribution in [2.24, 2.45) is 0 Å². The summed E-state index contributed by atoms with van der Waals surface area (Å²) in [5.41, 5.74) is 1.71. The minimum absolute atomic E-state index is 0.257. The minimum atomic E-state index is 0.257. The van der Waals surface area contributed by atoms with Crippen LogP contribution in [0.2, 0.25) is 0 Å².